The van der Waals surface area contributed by atoms with Gasteiger partial charge in [0, 0.05) is 42.8 Å². The monoisotopic (exact) mass is 388 g/mol. The maximum atomic E-state index is 12.7. The molecule has 1 unspecified atom stereocenters. The summed E-state index contributed by atoms with van der Waals surface area (Å²) < 4.78 is 0. The van der Waals surface area contributed by atoms with E-state index in [2.05, 4.69) is 34.3 Å². The van der Waals surface area contributed by atoms with Gasteiger partial charge in [-0.3, -0.25) is 9.59 Å². The Labute approximate surface area is 169 Å². The van der Waals surface area contributed by atoms with Crippen molar-refractivity contribution in [3.8, 4) is 0 Å². The zero-order valence-corrected chi connectivity index (χ0v) is 16.8. The predicted molar refractivity (Wildman–Crippen MR) is 114 cm³/mol. The number of rotatable bonds is 4. The number of carbonyl (C=O) groups is 2. The number of benzene rings is 1. The largest absolute Gasteiger partial charge is 0.361 e. The Morgan fingerprint density at radius 2 is 2.14 bits per heavy atom. The fraction of sp³-hybridized carbons (Fsp3) is 0.261. The number of aromatic nitrogens is 2. The number of carbonyl (C=O) groups excluding carboxylic acids is 2. The summed E-state index contributed by atoms with van der Waals surface area (Å²) >= 11 is 0. The van der Waals surface area contributed by atoms with Crippen molar-refractivity contribution in [3.63, 3.8) is 0 Å². The van der Waals surface area contributed by atoms with Gasteiger partial charge in [0.25, 0.3) is 0 Å². The Balaban J connectivity index is 1.50. The van der Waals surface area contributed by atoms with E-state index in [1.54, 1.807) is 23.2 Å². The fourth-order valence-electron chi connectivity index (χ4n) is 3.72. The highest BCUT2D eigenvalue weighted by molar-refractivity contribution is 5.94. The van der Waals surface area contributed by atoms with E-state index in [9.17, 15) is 9.59 Å². The van der Waals surface area contributed by atoms with Crippen LogP contribution in [-0.4, -0.2) is 33.7 Å². The predicted octanol–water partition coefficient (Wildman–Crippen LogP) is 3.99. The minimum Gasteiger partial charge on any atom is -0.361 e. The van der Waals surface area contributed by atoms with Crippen LogP contribution >= 0.6 is 0 Å². The molecular formula is C23H24N4O2. The molecule has 0 saturated heterocycles. The van der Waals surface area contributed by atoms with Crippen LogP contribution in [-0.2, 0) is 16.0 Å². The molecule has 2 aromatic heterocycles. The number of aryl methyl sites for hydroxylation is 2. The maximum absolute atomic E-state index is 12.7. The first-order valence-electron chi connectivity index (χ1n) is 9.74. The number of hydrogen-bond donors (Lipinski definition) is 2. The number of anilines is 1. The van der Waals surface area contributed by atoms with Gasteiger partial charge in [-0.25, -0.2) is 4.98 Å². The lowest BCUT2D eigenvalue weighted by atomic mass is 10.0. The molecule has 3 aromatic rings. The van der Waals surface area contributed by atoms with Crippen LogP contribution in [0.25, 0.3) is 17.0 Å². The minimum absolute atomic E-state index is 0.00782. The van der Waals surface area contributed by atoms with Crippen molar-refractivity contribution in [1.29, 1.82) is 0 Å². The zero-order valence-electron chi connectivity index (χ0n) is 16.8. The fourth-order valence-corrected chi connectivity index (χ4v) is 3.72. The number of nitrogens with zero attached hydrogens (tertiary/aromatic N) is 2. The standard InChI is InChI=1S/C23H24N4O2/c1-14-5-4-6-18-19(13-24-22(14)18)15(2)27(3)21(29)10-7-16-11-17-8-9-20(28)26-23(17)25-12-16/h4-7,10-13,15,24H,8-9H2,1-3H3,(H,25,26,28)/b10-7+. The van der Waals surface area contributed by atoms with Crippen molar-refractivity contribution in [2.75, 3.05) is 12.4 Å². The van der Waals surface area contributed by atoms with Gasteiger partial charge in [-0.1, -0.05) is 18.2 Å². The molecule has 0 spiro atoms. The number of amides is 2. The Morgan fingerprint density at radius 3 is 2.97 bits per heavy atom. The number of pyridine rings is 1. The van der Waals surface area contributed by atoms with Gasteiger partial charge in [0.15, 0.2) is 0 Å². The molecule has 0 aliphatic carbocycles. The molecule has 3 heterocycles. The van der Waals surface area contributed by atoms with Gasteiger partial charge in [-0.05, 0) is 54.7 Å². The first-order chi connectivity index (χ1) is 13.9. The topological polar surface area (TPSA) is 78.1 Å². The van der Waals surface area contributed by atoms with Gasteiger partial charge >= 0.3 is 0 Å². The molecule has 29 heavy (non-hydrogen) atoms. The summed E-state index contributed by atoms with van der Waals surface area (Å²) in [7, 11) is 1.81. The average Bonchev–Trinajstić information content (AvgIpc) is 3.16. The molecule has 0 saturated carbocycles. The third-order valence-electron chi connectivity index (χ3n) is 5.62. The lowest BCUT2D eigenvalue weighted by Gasteiger charge is -2.23. The molecule has 0 bridgehead atoms. The molecule has 4 rings (SSSR count). The molecule has 6 heteroatoms. The summed E-state index contributed by atoms with van der Waals surface area (Å²) in [5.74, 6) is 0.530. The smallest absolute Gasteiger partial charge is 0.246 e. The van der Waals surface area contributed by atoms with Crippen LogP contribution in [0.2, 0.25) is 0 Å². The average molecular weight is 388 g/mol. The number of likely N-dealkylation sites (N-methyl/N-ethyl adjacent to an activating group) is 1. The van der Waals surface area contributed by atoms with Gasteiger partial charge < -0.3 is 15.2 Å². The normalized spacial score (nSPS) is 14.7. The SMILES string of the molecule is Cc1cccc2c(C(C)N(C)C(=O)/C=C/c3cnc4c(c3)CCC(=O)N4)c[nH]c12. The van der Waals surface area contributed by atoms with Crippen molar-refractivity contribution in [2.45, 2.75) is 32.7 Å². The molecule has 148 valence electrons. The quantitative estimate of drug-likeness (QED) is 0.664. The molecule has 0 fully saturated rings. The van der Waals surface area contributed by atoms with Crippen LogP contribution in [0.1, 0.15) is 41.6 Å². The molecule has 1 atom stereocenters. The summed E-state index contributed by atoms with van der Waals surface area (Å²) in [5.41, 5.74) is 5.23. The summed E-state index contributed by atoms with van der Waals surface area (Å²) in [6.45, 7) is 4.10. The summed E-state index contributed by atoms with van der Waals surface area (Å²) in [5, 5.41) is 3.91. The third kappa shape index (κ3) is 3.66. The summed E-state index contributed by atoms with van der Waals surface area (Å²) in [6.07, 6.45) is 8.12. The van der Waals surface area contributed by atoms with Crippen molar-refractivity contribution in [2.24, 2.45) is 0 Å². The first kappa shape index (κ1) is 18.9. The zero-order chi connectivity index (χ0) is 20.5. The minimum atomic E-state index is -0.0782. The number of H-pyrrole nitrogens is 1. The summed E-state index contributed by atoms with van der Waals surface area (Å²) in [6, 6.07) is 8.09. The molecule has 6 nitrogen and oxygen atoms in total. The van der Waals surface area contributed by atoms with E-state index in [-0.39, 0.29) is 17.9 Å². The van der Waals surface area contributed by atoms with Crippen LogP contribution in [0.4, 0.5) is 5.82 Å². The number of hydrogen-bond acceptors (Lipinski definition) is 3. The second-order valence-corrected chi connectivity index (χ2v) is 7.52. The highest BCUT2D eigenvalue weighted by atomic mass is 16.2. The van der Waals surface area contributed by atoms with Crippen molar-refractivity contribution in [1.82, 2.24) is 14.9 Å². The molecule has 1 aliphatic heterocycles. The summed E-state index contributed by atoms with van der Waals surface area (Å²) in [4.78, 5) is 33.5. The number of nitrogens with one attached hydrogen (secondary N) is 2. The molecule has 2 amide bonds. The lowest BCUT2D eigenvalue weighted by Crippen LogP contribution is -2.27. The Morgan fingerprint density at radius 1 is 1.31 bits per heavy atom. The Bertz CT molecular complexity index is 1130. The van der Waals surface area contributed by atoms with Crippen LogP contribution < -0.4 is 5.32 Å². The van der Waals surface area contributed by atoms with Crippen LogP contribution in [0.3, 0.4) is 0 Å². The van der Waals surface area contributed by atoms with E-state index in [0.29, 0.717) is 18.7 Å². The Kier molecular flexibility index (Phi) is 4.92. The van der Waals surface area contributed by atoms with E-state index in [4.69, 9.17) is 0 Å². The van der Waals surface area contributed by atoms with Crippen LogP contribution in [0.5, 0.6) is 0 Å². The van der Waals surface area contributed by atoms with Gasteiger partial charge in [0.05, 0.1) is 6.04 Å². The first-order valence-corrected chi connectivity index (χ1v) is 9.74. The highest BCUT2D eigenvalue weighted by Gasteiger charge is 2.19. The third-order valence-corrected chi connectivity index (χ3v) is 5.62. The van der Waals surface area contributed by atoms with Crippen molar-refractivity contribution < 1.29 is 9.59 Å². The van der Waals surface area contributed by atoms with E-state index in [1.165, 1.54) is 5.56 Å². The molecule has 0 radical (unpaired) electrons. The number of aromatic amines is 1. The van der Waals surface area contributed by atoms with E-state index >= 15 is 0 Å². The second-order valence-electron chi connectivity index (χ2n) is 7.52. The highest BCUT2D eigenvalue weighted by Crippen LogP contribution is 2.29. The number of para-hydroxylation sites is 1. The molecule has 1 aromatic carbocycles. The van der Waals surface area contributed by atoms with Gasteiger partial charge in [-0.15, -0.1) is 0 Å². The Hall–Kier alpha value is -3.41. The van der Waals surface area contributed by atoms with Crippen LogP contribution in [0, 0.1) is 6.92 Å². The molecular weight excluding hydrogens is 364 g/mol. The van der Waals surface area contributed by atoms with Crippen LogP contribution in [0.15, 0.2) is 42.7 Å². The van der Waals surface area contributed by atoms with E-state index in [0.717, 1.165) is 27.6 Å². The maximum Gasteiger partial charge on any atom is 0.246 e. The second kappa shape index (κ2) is 7.54. The van der Waals surface area contributed by atoms with E-state index < -0.39 is 0 Å². The van der Waals surface area contributed by atoms with Gasteiger partial charge in [0.2, 0.25) is 11.8 Å². The molecule has 2 N–H and O–H groups in total. The number of fused-ring (bicyclic) bond motifs is 2. The van der Waals surface area contributed by atoms with Gasteiger partial charge in [-0.2, -0.15) is 0 Å². The van der Waals surface area contributed by atoms with Crippen molar-refractivity contribution >= 4 is 34.6 Å². The van der Waals surface area contributed by atoms with E-state index in [1.807, 2.05) is 32.3 Å². The van der Waals surface area contributed by atoms with Crippen molar-refractivity contribution in [3.05, 3.63) is 65.0 Å². The van der Waals surface area contributed by atoms with Gasteiger partial charge in [0.1, 0.15) is 5.82 Å². The lowest BCUT2D eigenvalue weighted by molar-refractivity contribution is -0.126. The molecule has 1 aliphatic rings.